The van der Waals surface area contributed by atoms with E-state index in [4.69, 9.17) is 11.6 Å². The number of rotatable bonds is 4. The van der Waals surface area contributed by atoms with Gasteiger partial charge in [0, 0.05) is 10.9 Å². The molecule has 0 unspecified atom stereocenters. The van der Waals surface area contributed by atoms with Crippen molar-refractivity contribution in [1.82, 2.24) is 0 Å². The SMILES string of the molecule is N#C[C@@]1(C=O)[C@H](S(=O)(=O)c2ccc(Cl)cc2)[C@@H]1c1ccc(F)cc1. The largest absolute Gasteiger partial charge is 0.302 e. The number of hydrogen-bond donors (Lipinski definition) is 0. The molecule has 0 amide bonds. The zero-order valence-corrected chi connectivity index (χ0v) is 13.8. The summed E-state index contributed by atoms with van der Waals surface area (Å²) in [6, 6.07) is 12.5. The molecule has 0 N–H and O–H groups in total. The Morgan fingerprint density at radius 1 is 1.12 bits per heavy atom. The number of nitriles is 1. The van der Waals surface area contributed by atoms with E-state index in [1.165, 1.54) is 48.5 Å². The van der Waals surface area contributed by atoms with Crippen molar-refractivity contribution < 1.29 is 17.6 Å². The van der Waals surface area contributed by atoms with Gasteiger partial charge in [0.2, 0.25) is 0 Å². The monoisotopic (exact) mass is 363 g/mol. The van der Waals surface area contributed by atoms with E-state index in [1.54, 1.807) is 0 Å². The van der Waals surface area contributed by atoms with E-state index in [9.17, 15) is 22.9 Å². The second kappa shape index (κ2) is 5.69. The van der Waals surface area contributed by atoms with Gasteiger partial charge in [-0.05, 0) is 42.0 Å². The van der Waals surface area contributed by atoms with E-state index >= 15 is 0 Å². The lowest BCUT2D eigenvalue weighted by Gasteiger charge is -2.04. The molecule has 122 valence electrons. The first-order chi connectivity index (χ1) is 11.4. The maximum absolute atomic E-state index is 13.1. The van der Waals surface area contributed by atoms with Crippen LogP contribution in [0.15, 0.2) is 53.4 Å². The molecule has 2 aromatic carbocycles. The molecule has 1 fully saturated rings. The summed E-state index contributed by atoms with van der Waals surface area (Å²) in [5.74, 6) is -1.31. The highest BCUT2D eigenvalue weighted by Gasteiger charge is 2.72. The molecular formula is C17H11ClFNO3S. The summed E-state index contributed by atoms with van der Waals surface area (Å²) in [5.41, 5.74) is -1.23. The predicted molar refractivity (Wildman–Crippen MR) is 85.7 cm³/mol. The van der Waals surface area contributed by atoms with Crippen LogP contribution in [0.3, 0.4) is 0 Å². The number of sulfone groups is 1. The molecule has 0 heterocycles. The number of nitrogens with zero attached hydrogens (tertiary/aromatic N) is 1. The topological polar surface area (TPSA) is 75.0 Å². The summed E-state index contributed by atoms with van der Waals surface area (Å²) in [6.45, 7) is 0. The molecule has 1 saturated carbocycles. The van der Waals surface area contributed by atoms with Crippen LogP contribution in [0.2, 0.25) is 5.02 Å². The summed E-state index contributed by atoms with van der Waals surface area (Å²) in [4.78, 5) is 11.5. The molecule has 0 radical (unpaired) electrons. The summed E-state index contributed by atoms with van der Waals surface area (Å²) in [6.07, 6.45) is 0.374. The molecule has 0 aliphatic heterocycles. The van der Waals surface area contributed by atoms with Gasteiger partial charge in [-0.2, -0.15) is 5.26 Å². The van der Waals surface area contributed by atoms with E-state index in [2.05, 4.69) is 0 Å². The lowest BCUT2D eigenvalue weighted by molar-refractivity contribution is -0.110. The predicted octanol–water partition coefficient (Wildman–Crippen LogP) is 3.13. The number of hydrogen-bond acceptors (Lipinski definition) is 4. The highest BCUT2D eigenvalue weighted by molar-refractivity contribution is 7.92. The first kappa shape index (κ1) is 16.6. The minimum Gasteiger partial charge on any atom is -0.302 e. The average molecular weight is 364 g/mol. The van der Waals surface area contributed by atoms with Crippen molar-refractivity contribution in [3.8, 4) is 6.07 Å². The standard InChI is InChI=1S/C17H11ClFNO3S/c18-12-3-7-14(8-4-12)24(22,23)16-15(17(16,9-20)10-21)11-1-5-13(19)6-2-11/h1-8,10,15-16H/t15-,16+,17-/m0/s1. The van der Waals surface area contributed by atoms with E-state index in [0.717, 1.165) is 0 Å². The quantitative estimate of drug-likeness (QED) is 0.782. The van der Waals surface area contributed by atoms with E-state index in [1.807, 2.05) is 6.07 Å². The van der Waals surface area contributed by atoms with Crippen LogP contribution >= 0.6 is 11.6 Å². The maximum atomic E-state index is 13.1. The fourth-order valence-corrected chi connectivity index (χ4v) is 5.37. The van der Waals surface area contributed by atoms with E-state index < -0.39 is 32.2 Å². The Bertz CT molecular complexity index is 935. The molecule has 0 spiro atoms. The van der Waals surface area contributed by atoms with Gasteiger partial charge in [0.1, 0.15) is 22.8 Å². The fourth-order valence-electron chi connectivity index (χ4n) is 3.00. The molecule has 0 saturated heterocycles. The number of aldehydes is 1. The Labute approximate surface area is 143 Å². The molecule has 24 heavy (non-hydrogen) atoms. The van der Waals surface area contributed by atoms with Crippen LogP contribution in [0, 0.1) is 22.6 Å². The molecule has 1 aliphatic carbocycles. The Morgan fingerprint density at radius 2 is 1.71 bits per heavy atom. The minimum absolute atomic E-state index is 0.0111. The van der Waals surface area contributed by atoms with Crippen LogP contribution < -0.4 is 0 Å². The van der Waals surface area contributed by atoms with Crippen molar-refractivity contribution in [3.05, 3.63) is 64.9 Å². The Kier molecular flexibility index (Phi) is 3.94. The zero-order valence-electron chi connectivity index (χ0n) is 12.2. The first-order valence-electron chi connectivity index (χ1n) is 6.99. The summed E-state index contributed by atoms with van der Waals surface area (Å²) >= 11 is 5.77. The summed E-state index contributed by atoms with van der Waals surface area (Å²) < 4.78 is 38.8. The third-order valence-corrected chi connectivity index (χ3v) is 6.79. The number of carbonyl (C=O) groups is 1. The van der Waals surface area contributed by atoms with Crippen molar-refractivity contribution in [2.75, 3.05) is 0 Å². The van der Waals surface area contributed by atoms with Gasteiger partial charge < -0.3 is 4.79 Å². The molecule has 0 bridgehead atoms. The Hall–Kier alpha value is -2.23. The third kappa shape index (κ3) is 2.41. The second-order valence-electron chi connectivity index (χ2n) is 5.61. The lowest BCUT2D eigenvalue weighted by atomic mass is 10.0. The summed E-state index contributed by atoms with van der Waals surface area (Å²) in [7, 11) is -3.93. The van der Waals surface area contributed by atoms with Crippen LogP contribution in [0.4, 0.5) is 4.39 Å². The van der Waals surface area contributed by atoms with Crippen LogP contribution in [0.25, 0.3) is 0 Å². The van der Waals surface area contributed by atoms with E-state index in [0.29, 0.717) is 16.9 Å². The molecular weight excluding hydrogens is 353 g/mol. The van der Waals surface area contributed by atoms with Gasteiger partial charge in [0.15, 0.2) is 9.84 Å². The van der Waals surface area contributed by atoms with E-state index in [-0.39, 0.29) is 4.90 Å². The van der Waals surface area contributed by atoms with Gasteiger partial charge in [-0.25, -0.2) is 12.8 Å². The number of carbonyl (C=O) groups excluding carboxylic acids is 1. The molecule has 4 nitrogen and oxygen atoms in total. The lowest BCUT2D eigenvalue weighted by Crippen LogP contribution is -2.16. The van der Waals surface area contributed by atoms with Crippen molar-refractivity contribution in [3.63, 3.8) is 0 Å². The third-order valence-electron chi connectivity index (χ3n) is 4.27. The minimum atomic E-state index is -3.93. The Morgan fingerprint density at radius 3 is 2.21 bits per heavy atom. The van der Waals surface area contributed by atoms with Gasteiger partial charge >= 0.3 is 0 Å². The van der Waals surface area contributed by atoms with Crippen LogP contribution in [-0.2, 0) is 14.6 Å². The van der Waals surface area contributed by atoms with Crippen LogP contribution in [-0.4, -0.2) is 20.0 Å². The highest BCUT2D eigenvalue weighted by atomic mass is 35.5. The molecule has 3 rings (SSSR count). The van der Waals surface area contributed by atoms with Gasteiger partial charge in [0.25, 0.3) is 0 Å². The van der Waals surface area contributed by atoms with Gasteiger partial charge in [0.05, 0.1) is 11.0 Å². The van der Waals surface area contributed by atoms with Crippen LogP contribution in [0.5, 0.6) is 0 Å². The molecule has 0 aromatic heterocycles. The van der Waals surface area contributed by atoms with Crippen molar-refractivity contribution in [1.29, 1.82) is 5.26 Å². The molecule has 7 heteroatoms. The molecule has 1 aliphatic rings. The molecule has 2 aromatic rings. The number of benzene rings is 2. The van der Waals surface area contributed by atoms with Gasteiger partial charge in [-0.15, -0.1) is 0 Å². The normalized spacial score (nSPS) is 25.7. The summed E-state index contributed by atoms with van der Waals surface area (Å²) in [5, 5.41) is 8.59. The fraction of sp³-hybridized carbons (Fsp3) is 0.176. The maximum Gasteiger partial charge on any atom is 0.183 e. The Balaban J connectivity index is 2.08. The average Bonchev–Trinajstić information content (AvgIpc) is 3.26. The second-order valence-corrected chi connectivity index (χ2v) is 8.12. The van der Waals surface area contributed by atoms with Gasteiger partial charge in [-0.1, -0.05) is 23.7 Å². The first-order valence-corrected chi connectivity index (χ1v) is 8.92. The van der Waals surface area contributed by atoms with Crippen LogP contribution in [0.1, 0.15) is 11.5 Å². The zero-order chi connectivity index (χ0) is 17.5. The highest BCUT2D eigenvalue weighted by Crippen LogP contribution is 2.62. The van der Waals surface area contributed by atoms with Crippen molar-refractivity contribution in [2.24, 2.45) is 5.41 Å². The van der Waals surface area contributed by atoms with Gasteiger partial charge in [-0.3, -0.25) is 0 Å². The van der Waals surface area contributed by atoms with Crippen molar-refractivity contribution in [2.45, 2.75) is 16.1 Å². The smallest absolute Gasteiger partial charge is 0.183 e. The van der Waals surface area contributed by atoms with Crippen molar-refractivity contribution >= 4 is 27.7 Å². The molecule has 3 atom stereocenters. The number of halogens is 2.